The lowest BCUT2D eigenvalue weighted by molar-refractivity contribution is 0.236. The zero-order valence-corrected chi connectivity index (χ0v) is 5.29. The summed E-state index contributed by atoms with van der Waals surface area (Å²) in [6, 6.07) is 0. The lowest BCUT2D eigenvalue weighted by Crippen LogP contribution is -2.10. The molecular formula is C4H5F2O2S. The topological polar surface area (TPSA) is 34.1 Å². The fourth-order valence-electron chi connectivity index (χ4n) is 0.462. The number of hydrogen-bond donors (Lipinski definition) is 0. The van der Waals surface area contributed by atoms with E-state index in [0.717, 1.165) is 0 Å². The van der Waals surface area contributed by atoms with Gasteiger partial charge in [-0.05, 0) is 12.8 Å². The summed E-state index contributed by atoms with van der Waals surface area (Å²) < 4.78 is 43.6. The van der Waals surface area contributed by atoms with E-state index < -0.39 is 15.6 Å². The van der Waals surface area contributed by atoms with Crippen LogP contribution in [0.3, 0.4) is 0 Å². The summed E-state index contributed by atoms with van der Waals surface area (Å²) in [5, 5.41) is -0.00231. The highest BCUT2D eigenvalue weighted by Crippen LogP contribution is 2.40. The lowest BCUT2D eigenvalue weighted by atomic mass is 11.0. The van der Waals surface area contributed by atoms with Crippen LogP contribution in [0.15, 0.2) is 0 Å². The van der Waals surface area contributed by atoms with E-state index in [1.807, 2.05) is 0 Å². The minimum atomic E-state index is -4.12. The van der Waals surface area contributed by atoms with E-state index in [1.54, 1.807) is 0 Å². The van der Waals surface area contributed by atoms with Crippen molar-refractivity contribution in [3.05, 3.63) is 5.25 Å². The van der Waals surface area contributed by atoms with Crippen molar-refractivity contribution in [2.75, 3.05) is 0 Å². The minimum Gasteiger partial charge on any atom is -0.222 e. The van der Waals surface area contributed by atoms with Crippen molar-refractivity contribution in [1.29, 1.82) is 0 Å². The van der Waals surface area contributed by atoms with E-state index >= 15 is 0 Å². The molecule has 0 aromatic rings. The standard InChI is InChI=1S/C4H5F2O2S/c5-4(6)9(7,8)3-1-2-3/h4H,1-2H2. The van der Waals surface area contributed by atoms with Crippen LogP contribution in [0.5, 0.6) is 0 Å². The Morgan fingerprint density at radius 2 is 1.78 bits per heavy atom. The van der Waals surface area contributed by atoms with Crippen molar-refractivity contribution >= 4 is 9.84 Å². The van der Waals surface area contributed by atoms with Crippen LogP contribution >= 0.6 is 0 Å². The normalized spacial score (nSPS) is 20.8. The van der Waals surface area contributed by atoms with Gasteiger partial charge >= 0.3 is 5.76 Å². The Labute approximate surface area is 51.8 Å². The van der Waals surface area contributed by atoms with Gasteiger partial charge in [0.15, 0.2) is 0 Å². The van der Waals surface area contributed by atoms with Crippen LogP contribution in [0, 0.1) is 5.25 Å². The molecule has 1 radical (unpaired) electrons. The van der Waals surface area contributed by atoms with Crippen molar-refractivity contribution in [3.63, 3.8) is 0 Å². The molecule has 0 unspecified atom stereocenters. The molecule has 0 aromatic heterocycles. The Morgan fingerprint density at radius 3 is 1.89 bits per heavy atom. The maximum absolute atomic E-state index is 11.5. The molecule has 1 fully saturated rings. The Morgan fingerprint density at radius 1 is 1.33 bits per heavy atom. The summed E-state index contributed by atoms with van der Waals surface area (Å²) >= 11 is 0. The third kappa shape index (κ3) is 1.20. The van der Waals surface area contributed by atoms with Gasteiger partial charge in [-0.2, -0.15) is 8.78 Å². The monoisotopic (exact) mass is 155 g/mol. The summed E-state index contributed by atoms with van der Waals surface area (Å²) in [6.07, 6.45) is 0.652. The molecule has 0 aromatic carbocycles. The molecule has 0 atom stereocenters. The SMILES string of the molecule is O=S(=O)([C]1CC1)C(F)F. The maximum Gasteiger partial charge on any atom is 0.337 e. The molecule has 9 heavy (non-hydrogen) atoms. The van der Waals surface area contributed by atoms with Gasteiger partial charge in [-0.25, -0.2) is 8.42 Å². The third-order valence-electron chi connectivity index (χ3n) is 1.09. The van der Waals surface area contributed by atoms with Crippen LogP contribution in [-0.4, -0.2) is 14.2 Å². The van der Waals surface area contributed by atoms with Gasteiger partial charge in [0.2, 0.25) is 9.84 Å². The maximum atomic E-state index is 11.5. The van der Waals surface area contributed by atoms with Crippen molar-refractivity contribution in [2.45, 2.75) is 18.6 Å². The van der Waals surface area contributed by atoms with Crippen LogP contribution in [0.4, 0.5) is 8.78 Å². The summed E-state index contributed by atoms with van der Waals surface area (Å²) in [5.74, 6) is -3.21. The van der Waals surface area contributed by atoms with Gasteiger partial charge < -0.3 is 0 Å². The summed E-state index contributed by atoms with van der Waals surface area (Å²) in [7, 11) is -4.12. The smallest absolute Gasteiger partial charge is 0.222 e. The molecule has 1 aliphatic carbocycles. The van der Waals surface area contributed by atoms with Crippen LogP contribution in [0.2, 0.25) is 0 Å². The largest absolute Gasteiger partial charge is 0.337 e. The highest BCUT2D eigenvalue weighted by molar-refractivity contribution is 7.94. The Bertz CT molecular complexity index is 185. The minimum absolute atomic E-state index is 0.00231. The molecule has 2 nitrogen and oxygen atoms in total. The van der Waals surface area contributed by atoms with Crippen molar-refractivity contribution in [3.8, 4) is 0 Å². The number of alkyl halides is 2. The zero-order chi connectivity index (χ0) is 7.07. The van der Waals surface area contributed by atoms with Gasteiger partial charge in [-0.15, -0.1) is 0 Å². The molecular weight excluding hydrogens is 150 g/mol. The first-order valence-corrected chi connectivity index (χ1v) is 3.96. The predicted molar refractivity (Wildman–Crippen MR) is 27.4 cm³/mol. The van der Waals surface area contributed by atoms with Crippen LogP contribution < -0.4 is 0 Å². The molecule has 0 amide bonds. The van der Waals surface area contributed by atoms with Crippen LogP contribution in [0.1, 0.15) is 12.8 Å². The first-order chi connectivity index (χ1) is 4.05. The first kappa shape index (κ1) is 6.92. The predicted octanol–water partition coefficient (Wildman–Crippen LogP) is 0.950. The fourth-order valence-corrected chi connectivity index (χ4v) is 1.38. The van der Waals surface area contributed by atoms with E-state index in [-0.39, 0.29) is 5.25 Å². The molecule has 0 bridgehead atoms. The highest BCUT2D eigenvalue weighted by atomic mass is 32.2. The molecule has 0 saturated heterocycles. The Hall–Kier alpha value is -0.190. The molecule has 0 spiro atoms. The second-order valence-electron chi connectivity index (χ2n) is 1.84. The first-order valence-electron chi connectivity index (χ1n) is 2.42. The number of halogens is 2. The Kier molecular flexibility index (Phi) is 1.46. The van der Waals surface area contributed by atoms with Gasteiger partial charge in [0.05, 0.1) is 5.25 Å². The molecule has 5 heteroatoms. The molecule has 0 N–H and O–H groups in total. The third-order valence-corrected chi connectivity index (χ3v) is 2.77. The average molecular weight is 155 g/mol. The second-order valence-corrected chi connectivity index (χ2v) is 3.87. The molecule has 1 saturated carbocycles. The molecule has 0 heterocycles. The van der Waals surface area contributed by atoms with E-state index in [0.29, 0.717) is 12.8 Å². The molecule has 1 aliphatic rings. The van der Waals surface area contributed by atoms with Gasteiger partial charge in [-0.3, -0.25) is 0 Å². The van der Waals surface area contributed by atoms with E-state index in [2.05, 4.69) is 0 Å². The van der Waals surface area contributed by atoms with Crippen LogP contribution in [-0.2, 0) is 9.84 Å². The van der Waals surface area contributed by atoms with Crippen LogP contribution in [0.25, 0.3) is 0 Å². The van der Waals surface area contributed by atoms with E-state index in [4.69, 9.17) is 0 Å². The molecule has 53 valence electrons. The van der Waals surface area contributed by atoms with Crippen molar-refractivity contribution in [2.24, 2.45) is 0 Å². The summed E-state index contributed by atoms with van der Waals surface area (Å²) in [4.78, 5) is 0. The van der Waals surface area contributed by atoms with Crippen molar-refractivity contribution in [1.82, 2.24) is 0 Å². The number of rotatable bonds is 2. The Balaban J connectivity index is 2.73. The lowest BCUT2D eigenvalue weighted by Gasteiger charge is -1.95. The molecule has 0 aliphatic heterocycles. The zero-order valence-electron chi connectivity index (χ0n) is 4.47. The van der Waals surface area contributed by atoms with Gasteiger partial charge in [0, 0.05) is 0 Å². The quantitative estimate of drug-likeness (QED) is 0.595. The summed E-state index contributed by atoms with van der Waals surface area (Å²) in [5.41, 5.74) is 0. The van der Waals surface area contributed by atoms with E-state index in [9.17, 15) is 17.2 Å². The van der Waals surface area contributed by atoms with Gasteiger partial charge in [0.25, 0.3) is 0 Å². The van der Waals surface area contributed by atoms with E-state index in [1.165, 1.54) is 0 Å². The average Bonchev–Trinajstić information content (AvgIpc) is 2.42. The number of sulfone groups is 1. The molecule has 1 rings (SSSR count). The highest BCUT2D eigenvalue weighted by Gasteiger charge is 2.42. The fraction of sp³-hybridized carbons (Fsp3) is 0.750. The summed E-state index contributed by atoms with van der Waals surface area (Å²) in [6.45, 7) is 0. The van der Waals surface area contributed by atoms with Gasteiger partial charge in [-0.1, -0.05) is 0 Å². The second kappa shape index (κ2) is 1.90. The van der Waals surface area contributed by atoms with Crippen molar-refractivity contribution < 1.29 is 17.2 Å². The van der Waals surface area contributed by atoms with Gasteiger partial charge in [0.1, 0.15) is 0 Å². The number of hydrogen-bond acceptors (Lipinski definition) is 2.